The molecular formula is C10H25N. The van der Waals surface area contributed by atoms with Gasteiger partial charge < -0.3 is 5.32 Å². The van der Waals surface area contributed by atoms with Crippen molar-refractivity contribution in [3.05, 3.63) is 0 Å². The van der Waals surface area contributed by atoms with Gasteiger partial charge in [0.05, 0.1) is 0 Å². The van der Waals surface area contributed by atoms with Gasteiger partial charge in [0, 0.05) is 0 Å². The van der Waals surface area contributed by atoms with Gasteiger partial charge in [-0.1, -0.05) is 41.0 Å². The van der Waals surface area contributed by atoms with Crippen molar-refractivity contribution in [1.29, 1.82) is 0 Å². The Balaban J connectivity index is 0. The average molecular weight is 159 g/mol. The summed E-state index contributed by atoms with van der Waals surface area (Å²) in [7, 11) is 2.01. The molecule has 1 N–H and O–H groups in total. The topological polar surface area (TPSA) is 12.0 Å². The van der Waals surface area contributed by atoms with Crippen molar-refractivity contribution < 1.29 is 0 Å². The van der Waals surface area contributed by atoms with Crippen LogP contribution in [0.15, 0.2) is 0 Å². The van der Waals surface area contributed by atoms with E-state index in [-0.39, 0.29) is 0 Å². The Bertz CT molecular complexity index is 67.3. The second-order valence-corrected chi connectivity index (χ2v) is 3.37. The zero-order valence-corrected chi connectivity index (χ0v) is 9.12. The van der Waals surface area contributed by atoms with E-state index in [2.05, 4.69) is 26.1 Å². The van der Waals surface area contributed by atoms with Crippen molar-refractivity contribution in [2.45, 2.75) is 47.5 Å². The monoisotopic (exact) mass is 159 g/mol. The third-order valence-electron chi connectivity index (χ3n) is 2.01. The number of rotatable bonds is 4. The van der Waals surface area contributed by atoms with Crippen LogP contribution < -0.4 is 5.32 Å². The molecular weight excluding hydrogens is 134 g/mol. The Morgan fingerprint density at radius 2 is 1.64 bits per heavy atom. The summed E-state index contributed by atoms with van der Waals surface area (Å²) >= 11 is 0. The van der Waals surface area contributed by atoms with Crippen molar-refractivity contribution >= 4 is 0 Å². The Morgan fingerprint density at radius 1 is 1.18 bits per heavy atom. The molecule has 0 aliphatic rings. The summed E-state index contributed by atoms with van der Waals surface area (Å²) in [6.45, 7) is 12.0. The third kappa shape index (κ3) is 9.96. The minimum absolute atomic E-state index is 0.531. The molecule has 0 aliphatic heterocycles. The fourth-order valence-corrected chi connectivity index (χ4v) is 0.640. The number of hydrogen-bond acceptors (Lipinski definition) is 1. The van der Waals surface area contributed by atoms with Crippen LogP contribution >= 0.6 is 0 Å². The molecule has 0 rings (SSSR count). The Morgan fingerprint density at radius 3 is 1.91 bits per heavy atom. The SMILES string of the molecule is CC.CCC(C)(C)CCNC. The van der Waals surface area contributed by atoms with Gasteiger partial charge in [0.1, 0.15) is 0 Å². The normalized spacial score (nSPS) is 10.4. The highest BCUT2D eigenvalue weighted by Gasteiger charge is 2.12. The van der Waals surface area contributed by atoms with Crippen LogP contribution in [0, 0.1) is 5.41 Å². The van der Waals surface area contributed by atoms with Gasteiger partial charge in [0.2, 0.25) is 0 Å². The fraction of sp³-hybridized carbons (Fsp3) is 1.00. The molecule has 0 saturated heterocycles. The Hall–Kier alpha value is -0.0400. The van der Waals surface area contributed by atoms with E-state index in [1.54, 1.807) is 0 Å². The third-order valence-corrected chi connectivity index (χ3v) is 2.01. The van der Waals surface area contributed by atoms with E-state index in [9.17, 15) is 0 Å². The van der Waals surface area contributed by atoms with Gasteiger partial charge >= 0.3 is 0 Å². The summed E-state index contributed by atoms with van der Waals surface area (Å²) in [4.78, 5) is 0. The summed E-state index contributed by atoms with van der Waals surface area (Å²) < 4.78 is 0. The molecule has 0 fully saturated rings. The largest absolute Gasteiger partial charge is 0.320 e. The minimum Gasteiger partial charge on any atom is -0.320 e. The van der Waals surface area contributed by atoms with Crippen LogP contribution in [-0.2, 0) is 0 Å². The molecule has 1 nitrogen and oxygen atoms in total. The predicted octanol–water partition coefficient (Wildman–Crippen LogP) is 3.06. The van der Waals surface area contributed by atoms with Gasteiger partial charge in [0.15, 0.2) is 0 Å². The van der Waals surface area contributed by atoms with E-state index in [1.165, 1.54) is 12.8 Å². The lowest BCUT2D eigenvalue weighted by Crippen LogP contribution is -2.18. The van der Waals surface area contributed by atoms with Crippen LogP contribution in [0.2, 0.25) is 0 Å². The van der Waals surface area contributed by atoms with Gasteiger partial charge in [-0.25, -0.2) is 0 Å². The van der Waals surface area contributed by atoms with Crippen molar-refractivity contribution in [2.24, 2.45) is 5.41 Å². The molecule has 0 heterocycles. The molecule has 0 aromatic carbocycles. The second kappa shape index (κ2) is 8.06. The van der Waals surface area contributed by atoms with Crippen LogP contribution in [0.3, 0.4) is 0 Å². The zero-order valence-electron chi connectivity index (χ0n) is 9.12. The molecule has 0 saturated carbocycles. The molecule has 0 unspecified atom stereocenters. The molecule has 0 bridgehead atoms. The standard InChI is InChI=1S/C8H19N.C2H6/c1-5-8(2,3)6-7-9-4;1-2/h9H,5-7H2,1-4H3;1-2H3. The molecule has 70 valence electrons. The maximum Gasteiger partial charge on any atom is -0.00468 e. The van der Waals surface area contributed by atoms with Crippen LogP contribution in [0.5, 0.6) is 0 Å². The fourth-order valence-electron chi connectivity index (χ4n) is 0.640. The molecule has 1 heteroatoms. The van der Waals surface area contributed by atoms with Crippen LogP contribution in [0.1, 0.15) is 47.5 Å². The lowest BCUT2D eigenvalue weighted by atomic mass is 9.87. The Labute approximate surface area is 72.6 Å². The molecule has 0 aliphatic carbocycles. The molecule has 0 amide bonds. The number of nitrogens with one attached hydrogen (secondary N) is 1. The maximum absolute atomic E-state index is 3.16. The Kier molecular flexibility index (Phi) is 9.92. The lowest BCUT2D eigenvalue weighted by Gasteiger charge is -2.21. The minimum atomic E-state index is 0.531. The van der Waals surface area contributed by atoms with Gasteiger partial charge in [-0.05, 0) is 25.4 Å². The van der Waals surface area contributed by atoms with E-state index >= 15 is 0 Å². The quantitative estimate of drug-likeness (QED) is 0.665. The summed E-state index contributed by atoms with van der Waals surface area (Å²) in [6.07, 6.45) is 2.55. The predicted molar refractivity (Wildman–Crippen MR) is 54.0 cm³/mol. The second-order valence-electron chi connectivity index (χ2n) is 3.37. The summed E-state index contributed by atoms with van der Waals surface area (Å²) in [5, 5.41) is 3.16. The van der Waals surface area contributed by atoms with Crippen molar-refractivity contribution in [1.82, 2.24) is 5.32 Å². The van der Waals surface area contributed by atoms with E-state index in [0.717, 1.165) is 6.54 Å². The smallest absolute Gasteiger partial charge is 0.00468 e. The highest BCUT2D eigenvalue weighted by molar-refractivity contribution is 4.66. The van der Waals surface area contributed by atoms with E-state index in [1.807, 2.05) is 20.9 Å². The van der Waals surface area contributed by atoms with E-state index in [4.69, 9.17) is 0 Å². The molecule has 0 aromatic heterocycles. The van der Waals surface area contributed by atoms with Gasteiger partial charge in [-0.3, -0.25) is 0 Å². The molecule has 0 atom stereocenters. The van der Waals surface area contributed by atoms with E-state index in [0.29, 0.717) is 5.41 Å². The van der Waals surface area contributed by atoms with Gasteiger partial charge in [-0.2, -0.15) is 0 Å². The molecule has 0 radical (unpaired) electrons. The molecule has 0 aromatic rings. The highest BCUT2D eigenvalue weighted by atomic mass is 14.8. The first-order valence-electron chi connectivity index (χ1n) is 4.77. The maximum atomic E-state index is 3.16. The lowest BCUT2D eigenvalue weighted by molar-refractivity contribution is 0.319. The number of hydrogen-bond donors (Lipinski definition) is 1. The average Bonchev–Trinajstić information content (AvgIpc) is 2.05. The summed E-state index contributed by atoms with van der Waals surface area (Å²) in [5.41, 5.74) is 0.531. The van der Waals surface area contributed by atoms with E-state index < -0.39 is 0 Å². The van der Waals surface area contributed by atoms with Crippen molar-refractivity contribution in [3.63, 3.8) is 0 Å². The van der Waals surface area contributed by atoms with Crippen molar-refractivity contribution in [3.8, 4) is 0 Å². The first-order chi connectivity index (χ1) is 5.12. The van der Waals surface area contributed by atoms with Crippen LogP contribution in [0.4, 0.5) is 0 Å². The van der Waals surface area contributed by atoms with Gasteiger partial charge in [-0.15, -0.1) is 0 Å². The first kappa shape index (κ1) is 13.5. The van der Waals surface area contributed by atoms with Crippen LogP contribution in [-0.4, -0.2) is 13.6 Å². The highest BCUT2D eigenvalue weighted by Crippen LogP contribution is 2.22. The first-order valence-corrected chi connectivity index (χ1v) is 4.77. The summed E-state index contributed by atoms with van der Waals surface area (Å²) in [6, 6.07) is 0. The summed E-state index contributed by atoms with van der Waals surface area (Å²) in [5.74, 6) is 0. The van der Waals surface area contributed by atoms with Crippen LogP contribution in [0.25, 0.3) is 0 Å². The van der Waals surface area contributed by atoms with Crippen molar-refractivity contribution in [2.75, 3.05) is 13.6 Å². The van der Waals surface area contributed by atoms with Gasteiger partial charge in [0.25, 0.3) is 0 Å². The molecule has 0 spiro atoms. The zero-order chi connectivity index (χ0) is 9.33. The molecule has 11 heavy (non-hydrogen) atoms.